The molecule has 1 aliphatic heterocycles. The Hall–Kier alpha value is -0.180. The molecule has 1 aliphatic rings. The summed E-state index contributed by atoms with van der Waals surface area (Å²) in [6.07, 6.45) is 2.39. The molecule has 23 heavy (non-hydrogen) atoms. The first kappa shape index (κ1) is 20.9. The number of hydrogen-bond acceptors (Lipinski definition) is 5. The number of thiophene rings is 1. The highest BCUT2D eigenvalue weighted by Crippen LogP contribution is 2.32. The lowest BCUT2D eigenvalue weighted by Crippen LogP contribution is -2.43. The highest BCUT2D eigenvalue weighted by atomic mass is 79.9. The molecule has 0 bridgehead atoms. The molecule has 1 fully saturated rings. The van der Waals surface area contributed by atoms with E-state index in [4.69, 9.17) is 0 Å². The molecule has 128 valence electrons. The molecular weight excluding hydrogens is 441 g/mol. The maximum atomic E-state index is 12.1. The van der Waals surface area contributed by atoms with E-state index in [1.165, 1.54) is 0 Å². The van der Waals surface area contributed by atoms with Crippen molar-refractivity contribution in [3.63, 3.8) is 0 Å². The summed E-state index contributed by atoms with van der Waals surface area (Å²) < 4.78 is 1.07. The molecule has 1 saturated heterocycles. The largest absolute Gasteiger partial charge is 0.353 e. The van der Waals surface area contributed by atoms with E-state index in [-0.39, 0.29) is 30.7 Å². The second-order valence-corrected chi connectivity index (χ2v) is 7.73. The predicted octanol–water partition coefficient (Wildman–Crippen LogP) is 3.89. The number of piperidine rings is 1. The van der Waals surface area contributed by atoms with E-state index in [1.54, 1.807) is 22.7 Å². The van der Waals surface area contributed by atoms with Crippen LogP contribution in [0, 0.1) is 0 Å². The van der Waals surface area contributed by atoms with Crippen LogP contribution in [0.3, 0.4) is 0 Å². The van der Waals surface area contributed by atoms with Crippen molar-refractivity contribution in [3.05, 3.63) is 27.0 Å². The average molecular weight is 459 g/mol. The van der Waals surface area contributed by atoms with Crippen LogP contribution in [0.4, 0.5) is 0 Å². The SMILES string of the molecule is Cl.Cl.O=C(Cc1csc(-c2cc(Br)cs2)n1)NC1CCNCC1. The minimum absolute atomic E-state index is 0. The number of hydrogen-bond donors (Lipinski definition) is 2. The first-order valence-corrected chi connectivity index (χ1v) is 9.45. The molecule has 2 aromatic rings. The molecule has 3 rings (SSSR count). The molecule has 0 atom stereocenters. The van der Waals surface area contributed by atoms with Crippen molar-refractivity contribution in [2.45, 2.75) is 25.3 Å². The fourth-order valence-corrected chi connectivity index (χ4v) is 4.66. The number of halogens is 3. The molecule has 9 heteroatoms. The van der Waals surface area contributed by atoms with Crippen molar-refractivity contribution in [1.82, 2.24) is 15.6 Å². The first-order chi connectivity index (χ1) is 10.2. The Morgan fingerprint density at radius 2 is 2.04 bits per heavy atom. The van der Waals surface area contributed by atoms with Gasteiger partial charge in [-0.05, 0) is 47.9 Å². The third-order valence-corrected chi connectivity index (χ3v) is 6.13. The molecule has 4 nitrogen and oxygen atoms in total. The Labute approximate surface area is 164 Å². The lowest BCUT2D eigenvalue weighted by atomic mass is 10.1. The normalized spacial score (nSPS) is 14.7. The molecule has 0 aromatic carbocycles. The van der Waals surface area contributed by atoms with Gasteiger partial charge in [-0.3, -0.25) is 4.79 Å². The smallest absolute Gasteiger partial charge is 0.226 e. The number of aromatic nitrogens is 1. The highest BCUT2D eigenvalue weighted by Gasteiger charge is 2.16. The van der Waals surface area contributed by atoms with E-state index < -0.39 is 0 Å². The minimum Gasteiger partial charge on any atom is -0.353 e. The van der Waals surface area contributed by atoms with E-state index in [0.29, 0.717) is 12.5 Å². The zero-order valence-electron chi connectivity index (χ0n) is 12.2. The van der Waals surface area contributed by atoms with Gasteiger partial charge in [0.15, 0.2) is 0 Å². The molecular formula is C14H18BrCl2N3OS2. The van der Waals surface area contributed by atoms with Gasteiger partial charge in [0.25, 0.3) is 0 Å². The fraction of sp³-hybridized carbons (Fsp3) is 0.429. The summed E-state index contributed by atoms with van der Waals surface area (Å²) >= 11 is 6.70. The Kier molecular flexibility index (Phi) is 9.03. The van der Waals surface area contributed by atoms with Crippen molar-refractivity contribution >= 4 is 69.3 Å². The number of nitrogens with one attached hydrogen (secondary N) is 2. The monoisotopic (exact) mass is 457 g/mol. The van der Waals surface area contributed by atoms with Crippen LogP contribution in [0.25, 0.3) is 9.88 Å². The fourth-order valence-electron chi connectivity index (χ4n) is 2.34. The van der Waals surface area contributed by atoms with Crippen molar-refractivity contribution in [3.8, 4) is 9.88 Å². The molecule has 2 aromatic heterocycles. The summed E-state index contributed by atoms with van der Waals surface area (Å²) in [6, 6.07) is 2.37. The second kappa shape index (κ2) is 9.96. The maximum absolute atomic E-state index is 12.1. The van der Waals surface area contributed by atoms with Crippen LogP contribution < -0.4 is 10.6 Å². The number of nitrogens with zero attached hydrogens (tertiary/aromatic N) is 1. The zero-order chi connectivity index (χ0) is 14.7. The Balaban J connectivity index is 0.00000132. The van der Waals surface area contributed by atoms with Gasteiger partial charge in [-0.15, -0.1) is 47.5 Å². The quantitative estimate of drug-likeness (QED) is 0.730. The third-order valence-electron chi connectivity index (χ3n) is 3.38. The first-order valence-electron chi connectivity index (χ1n) is 6.89. The van der Waals surface area contributed by atoms with Gasteiger partial charge in [0.1, 0.15) is 5.01 Å². The summed E-state index contributed by atoms with van der Waals surface area (Å²) in [5.74, 6) is 0.0751. The lowest BCUT2D eigenvalue weighted by Gasteiger charge is -2.23. The summed E-state index contributed by atoms with van der Waals surface area (Å²) in [4.78, 5) is 17.8. The molecule has 0 unspecified atom stereocenters. The van der Waals surface area contributed by atoms with Crippen LogP contribution in [-0.4, -0.2) is 30.0 Å². The van der Waals surface area contributed by atoms with Gasteiger partial charge >= 0.3 is 0 Å². The number of rotatable bonds is 4. The number of carbonyl (C=O) groups excluding carboxylic acids is 1. The Bertz CT molecular complexity index is 629. The Morgan fingerprint density at radius 1 is 1.30 bits per heavy atom. The molecule has 2 N–H and O–H groups in total. The van der Waals surface area contributed by atoms with Crippen LogP contribution in [0.2, 0.25) is 0 Å². The summed E-state index contributed by atoms with van der Waals surface area (Å²) in [5.41, 5.74) is 0.853. The number of carbonyl (C=O) groups is 1. The van der Waals surface area contributed by atoms with Gasteiger partial charge in [-0.2, -0.15) is 0 Å². The van der Waals surface area contributed by atoms with Crippen LogP contribution in [-0.2, 0) is 11.2 Å². The Morgan fingerprint density at radius 3 is 2.70 bits per heavy atom. The van der Waals surface area contributed by atoms with E-state index in [0.717, 1.165) is 46.0 Å². The second-order valence-electron chi connectivity index (χ2n) is 5.04. The highest BCUT2D eigenvalue weighted by molar-refractivity contribution is 9.10. The summed E-state index contributed by atoms with van der Waals surface area (Å²) in [6.45, 7) is 1.97. The third kappa shape index (κ3) is 5.99. The minimum atomic E-state index is 0. The van der Waals surface area contributed by atoms with Crippen LogP contribution >= 0.6 is 63.4 Å². The average Bonchev–Trinajstić information content (AvgIpc) is 3.09. The van der Waals surface area contributed by atoms with Crippen LogP contribution in [0.1, 0.15) is 18.5 Å². The van der Waals surface area contributed by atoms with E-state index in [2.05, 4.69) is 37.6 Å². The van der Waals surface area contributed by atoms with Gasteiger partial charge < -0.3 is 10.6 Å². The van der Waals surface area contributed by atoms with Gasteiger partial charge in [0.2, 0.25) is 5.91 Å². The molecule has 0 aliphatic carbocycles. The van der Waals surface area contributed by atoms with Crippen molar-refractivity contribution < 1.29 is 4.79 Å². The number of thiazole rings is 1. The predicted molar refractivity (Wildman–Crippen MR) is 105 cm³/mol. The molecule has 3 heterocycles. The maximum Gasteiger partial charge on any atom is 0.226 e. The lowest BCUT2D eigenvalue weighted by molar-refractivity contribution is -0.121. The van der Waals surface area contributed by atoms with Crippen molar-refractivity contribution in [2.24, 2.45) is 0 Å². The van der Waals surface area contributed by atoms with E-state index >= 15 is 0 Å². The van der Waals surface area contributed by atoms with Crippen LogP contribution in [0.15, 0.2) is 21.3 Å². The van der Waals surface area contributed by atoms with Gasteiger partial charge in [0, 0.05) is 21.3 Å². The van der Waals surface area contributed by atoms with Crippen molar-refractivity contribution in [2.75, 3.05) is 13.1 Å². The molecule has 0 radical (unpaired) electrons. The molecule has 0 saturated carbocycles. The van der Waals surface area contributed by atoms with Crippen molar-refractivity contribution in [1.29, 1.82) is 0 Å². The van der Waals surface area contributed by atoms with E-state index in [1.807, 2.05) is 10.8 Å². The topological polar surface area (TPSA) is 54.0 Å². The molecule has 1 amide bonds. The summed E-state index contributed by atoms with van der Waals surface area (Å²) in [5, 5.41) is 11.4. The molecule has 0 spiro atoms. The standard InChI is InChI=1S/C14H16BrN3OS2.2ClH/c15-9-5-12(20-7-9)14-18-11(8-21-14)6-13(19)17-10-1-3-16-4-2-10;;/h5,7-8,10,16H,1-4,6H2,(H,17,19);2*1H. The van der Waals surface area contributed by atoms with E-state index in [9.17, 15) is 4.79 Å². The van der Waals surface area contributed by atoms with Gasteiger partial charge in [-0.25, -0.2) is 4.98 Å². The van der Waals surface area contributed by atoms with Gasteiger partial charge in [-0.1, -0.05) is 0 Å². The van der Waals surface area contributed by atoms with Gasteiger partial charge in [0.05, 0.1) is 17.0 Å². The summed E-state index contributed by atoms with van der Waals surface area (Å²) in [7, 11) is 0. The van der Waals surface area contributed by atoms with Crippen LogP contribution in [0.5, 0.6) is 0 Å². The zero-order valence-corrected chi connectivity index (χ0v) is 17.1. The number of amides is 1.